The van der Waals surface area contributed by atoms with Gasteiger partial charge in [0.2, 0.25) is 0 Å². The number of nitrogens with zero attached hydrogens (tertiary/aromatic N) is 4. The molecule has 2 aromatic heterocycles. The summed E-state index contributed by atoms with van der Waals surface area (Å²) in [6.45, 7) is 0.797. The number of hydrogen-bond acceptors (Lipinski definition) is 5. The van der Waals surface area contributed by atoms with Crippen LogP contribution in [-0.2, 0) is 6.42 Å². The van der Waals surface area contributed by atoms with Crippen LogP contribution in [0.4, 0.5) is 5.82 Å². The number of anilines is 1. The van der Waals surface area contributed by atoms with Crippen molar-refractivity contribution in [3.8, 4) is 17.1 Å². The van der Waals surface area contributed by atoms with E-state index in [2.05, 4.69) is 44.8 Å². The van der Waals surface area contributed by atoms with Crippen molar-refractivity contribution in [3.05, 3.63) is 72.6 Å². The van der Waals surface area contributed by atoms with Crippen molar-refractivity contribution >= 4 is 11.5 Å². The van der Waals surface area contributed by atoms with Gasteiger partial charge >= 0.3 is 0 Å². The molecule has 4 rings (SSSR count). The van der Waals surface area contributed by atoms with Gasteiger partial charge in [0, 0.05) is 12.1 Å². The molecule has 0 amide bonds. The fraction of sp³-hybridized carbons (Fsp3) is 0.150. The summed E-state index contributed by atoms with van der Waals surface area (Å²) in [5.74, 6) is 2.45. The molecule has 4 aromatic rings. The number of hydrogen-bond donors (Lipinski definition) is 1. The van der Waals surface area contributed by atoms with Gasteiger partial charge < -0.3 is 10.1 Å². The highest BCUT2D eigenvalue weighted by Gasteiger charge is 2.12. The predicted octanol–water partition coefficient (Wildman–Crippen LogP) is 3.45. The Hall–Kier alpha value is -3.41. The fourth-order valence-corrected chi connectivity index (χ4v) is 2.88. The molecular formula is C20H19N5O. The Kier molecular flexibility index (Phi) is 4.47. The minimum Gasteiger partial charge on any atom is -0.497 e. The zero-order valence-electron chi connectivity index (χ0n) is 14.5. The third-order valence-electron chi connectivity index (χ3n) is 4.23. The maximum atomic E-state index is 5.23. The minimum absolute atomic E-state index is 0.709. The molecule has 0 bridgehead atoms. The van der Waals surface area contributed by atoms with Gasteiger partial charge in [-0.05, 0) is 36.2 Å². The lowest BCUT2D eigenvalue weighted by molar-refractivity contribution is 0.415. The molecule has 0 spiro atoms. The second kappa shape index (κ2) is 7.23. The summed E-state index contributed by atoms with van der Waals surface area (Å²) in [6, 6.07) is 18.2. The van der Waals surface area contributed by atoms with Gasteiger partial charge in [-0.25, -0.2) is 0 Å². The second-order valence-corrected chi connectivity index (χ2v) is 5.90. The zero-order chi connectivity index (χ0) is 17.8. The topological polar surface area (TPSA) is 64.3 Å². The molecule has 0 aliphatic carbocycles. The highest BCUT2D eigenvalue weighted by Crippen LogP contribution is 2.23. The predicted molar refractivity (Wildman–Crippen MR) is 101 cm³/mol. The van der Waals surface area contributed by atoms with Crippen LogP contribution >= 0.6 is 0 Å². The summed E-state index contributed by atoms with van der Waals surface area (Å²) in [5.41, 5.74) is 2.97. The summed E-state index contributed by atoms with van der Waals surface area (Å²) < 4.78 is 7.21. The van der Waals surface area contributed by atoms with Crippen LogP contribution in [0, 0.1) is 0 Å². The van der Waals surface area contributed by atoms with E-state index < -0.39 is 0 Å². The van der Waals surface area contributed by atoms with Crippen molar-refractivity contribution in [1.82, 2.24) is 19.6 Å². The van der Waals surface area contributed by atoms with E-state index in [1.54, 1.807) is 19.5 Å². The molecular weight excluding hydrogens is 326 g/mol. The van der Waals surface area contributed by atoms with E-state index in [1.165, 1.54) is 5.56 Å². The van der Waals surface area contributed by atoms with Crippen molar-refractivity contribution < 1.29 is 4.74 Å². The smallest absolute Gasteiger partial charge is 0.181 e. The Labute approximate surface area is 151 Å². The highest BCUT2D eigenvalue weighted by molar-refractivity contribution is 5.63. The zero-order valence-corrected chi connectivity index (χ0v) is 14.5. The lowest BCUT2D eigenvalue weighted by atomic mass is 10.1. The fourth-order valence-electron chi connectivity index (χ4n) is 2.88. The minimum atomic E-state index is 0.709. The third kappa shape index (κ3) is 3.21. The van der Waals surface area contributed by atoms with Gasteiger partial charge in [-0.3, -0.25) is 9.38 Å². The monoisotopic (exact) mass is 345 g/mol. The van der Waals surface area contributed by atoms with Gasteiger partial charge in [-0.1, -0.05) is 30.3 Å². The number of aromatic nitrogens is 4. The average Bonchev–Trinajstić information content (AvgIpc) is 3.14. The average molecular weight is 345 g/mol. The van der Waals surface area contributed by atoms with Crippen LogP contribution in [0.15, 0.2) is 67.0 Å². The van der Waals surface area contributed by atoms with Gasteiger partial charge in [-0.2, -0.15) is 0 Å². The van der Waals surface area contributed by atoms with E-state index in [-0.39, 0.29) is 0 Å². The van der Waals surface area contributed by atoms with Crippen molar-refractivity contribution in [1.29, 1.82) is 0 Å². The summed E-state index contributed by atoms with van der Waals surface area (Å²) in [4.78, 5) is 4.27. The van der Waals surface area contributed by atoms with E-state index in [4.69, 9.17) is 4.74 Å². The molecule has 0 saturated heterocycles. The summed E-state index contributed by atoms with van der Waals surface area (Å²) in [5, 5.41) is 12.0. The molecule has 0 aliphatic heterocycles. The summed E-state index contributed by atoms with van der Waals surface area (Å²) in [6.07, 6.45) is 4.44. The summed E-state index contributed by atoms with van der Waals surface area (Å²) in [7, 11) is 1.65. The number of methoxy groups -OCH3 is 1. The molecule has 6 nitrogen and oxygen atoms in total. The number of rotatable bonds is 6. The van der Waals surface area contributed by atoms with Gasteiger partial charge in [0.15, 0.2) is 11.5 Å². The highest BCUT2D eigenvalue weighted by atomic mass is 16.5. The van der Waals surface area contributed by atoms with Crippen LogP contribution in [0.25, 0.3) is 17.0 Å². The van der Waals surface area contributed by atoms with Gasteiger partial charge in [0.1, 0.15) is 11.6 Å². The maximum absolute atomic E-state index is 5.23. The third-order valence-corrected chi connectivity index (χ3v) is 4.23. The van der Waals surface area contributed by atoms with E-state index in [0.29, 0.717) is 5.65 Å². The SMILES string of the molecule is COc1ccc(-c2nnc3cncc(NCCc4ccccc4)n23)cc1. The molecule has 0 unspecified atom stereocenters. The number of fused-ring (bicyclic) bond motifs is 1. The number of ether oxygens (including phenoxy) is 1. The molecule has 2 heterocycles. The Morgan fingerprint density at radius 1 is 0.962 bits per heavy atom. The molecule has 0 atom stereocenters. The lowest BCUT2D eigenvalue weighted by Crippen LogP contribution is -2.09. The molecule has 1 N–H and O–H groups in total. The van der Waals surface area contributed by atoms with Crippen LogP contribution in [0.1, 0.15) is 5.56 Å². The van der Waals surface area contributed by atoms with Crippen molar-refractivity contribution in [3.63, 3.8) is 0 Å². The Morgan fingerprint density at radius 2 is 1.77 bits per heavy atom. The van der Waals surface area contributed by atoms with Gasteiger partial charge in [-0.15, -0.1) is 10.2 Å². The first-order chi connectivity index (χ1) is 12.8. The molecule has 6 heteroatoms. The van der Waals surface area contributed by atoms with Gasteiger partial charge in [0.25, 0.3) is 0 Å². The maximum Gasteiger partial charge on any atom is 0.181 e. The quantitative estimate of drug-likeness (QED) is 0.580. The van der Waals surface area contributed by atoms with Crippen LogP contribution in [0.5, 0.6) is 5.75 Å². The van der Waals surface area contributed by atoms with E-state index in [9.17, 15) is 0 Å². The molecule has 130 valence electrons. The van der Waals surface area contributed by atoms with E-state index in [1.807, 2.05) is 34.7 Å². The molecule has 2 aromatic carbocycles. The van der Waals surface area contributed by atoms with Crippen LogP contribution < -0.4 is 10.1 Å². The van der Waals surface area contributed by atoms with Crippen LogP contribution in [0.3, 0.4) is 0 Å². The number of nitrogens with one attached hydrogen (secondary N) is 1. The van der Waals surface area contributed by atoms with E-state index in [0.717, 1.165) is 35.9 Å². The van der Waals surface area contributed by atoms with E-state index >= 15 is 0 Å². The van der Waals surface area contributed by atoms with Crippen LogP contribution in [-0.4, -0.2) is 33.2 Å². The first kappa shape index (κ1) is 16.1. The van der Waals surface area contributed by atoms with Crippen molar-refractivity contribution in [2.45, 2.75) is 6.42 Å². The number of benzene rings is 2. The Bertz CT molecular complexity index is 996. The normalized spacial score (nSPS) is 10.8. The van der Waals surface area contributed by atoms with Crippen molar-refractivity contribution in [2.75, 3.05) is 19.0 Å². The second-order valence-electron chi connectivity index (χ2n) is 5.90. The van der Waals surface area contributed by atoms with Crippen LogP contribution in [0.2, 0.25) is 0 Å². The van der Waals surface area contributed by atoms with Gasteiger partial charge in [0.05, 0.1) is 19.5 Å². The first-order valence-electron chi connectivity index (χ1n) is 8.46. The largest absolute Gasteiger partial charge is 0.497 e. The summed E-state index contributed by atoms with van der Waals surface area (Å²) >= 11 is 0. The first-order valence-corrected chi connectivity index (χ1v) is 8.46. The van der Waals surface area contributed by atoms with Crippen molar-refractivity contribution in [2.24, 2.45) is 0 Å². The standard InChI is InChI=1S/C20H19N5O/c1-26-17-9-7-16(8-10-17)20-24-23-19-14-21-13-18(25(19)20)22-12-11-15-5-3-2-4-6-15/h2-10,13-14,22H,11-12H2,1H3. The Morgan fingerprint density at radius 3 is 2.54 bits per heavy atom. The molecule has 0 saturated carbocycles. The lowest BCUT2D eigenvalue weighted by Gasteiger charge is -2.10. The molecule has 0 aliphatic rings. The molecule has 0 fully saturated rings. The molecule has 26 heavy (non-hydrogen) atoms. The Balaban J connectivity index is 1.61. The molecule has 0 radical (unpaired) electrons.